The zero-order valence-electron chi connectivity index (χ0n) is 8.46. The van der Waals surface area contributed by atoms with Crippen LogP contribution in [0.1, 0.15) is 24.5 Å². The fourth-order valence-electron chi connectivity index (χ4n) is 2.47. The molecule has 3 rings (SSSR count). The molecule has 0 saturated heterocycles. The number of hydrogen-bond acceptors (Lipinski definition) is 0. The van der Waals surface area contributed by atoms with Crippen LogP contribution in [0.25, 0.3) is 5.57 Å². The summed E-state index contributed by atoms with van der Waals surface area (Å²) in [5.41, 5.74) is 6.01. The molecule has 1 aromatic carbocycles. The van der Waals surface area contributed by atoms with Gasteiger partial charge in [0.25, 0.3) is 0 Å². The number of allylic oxidation sites excluding steroid dienone is 4. The second kappa shape index (κ2) is 2.84. The van der Waals surface area contributed by atoms with Gasteiger partial charge in [-0.2, -0.15) is 0 Å². The standard InChI is InChI=1S/C14H14/c1-10-6-7-12-9-11-4-2-3-5-13(11)14(12)8-10/h2-5,7-8,10H,6,9H2,1H3. The molecule has 0 amide bonds. The zero-order valence-corrected chi connectivity index (χ0v) is 8.46. The molecule has 0 heterocycles. The molecule has 0 heteroatoms. The highest BCUT2D eigenvalue weighted by Crippen LogP contribution is 2.40. The minimum absolute atomic E-state index is 0.708. The Hall–Kier alpha value is -1.30. The molecule has 1 atom stereocenters. The number of hydrogen-bond donors (Lipinski definition) is 0. The Balaban J connectivity index is 2.18. The average Bonchev–Trinajstić information content (AvgIpc) is 2.56. The molecule has 0 saturated carbocycles. The molecule has 0 bridgehead atoms. The van der Waals surface area contributed by atoms with E-state index in [1.807, 2.05) is 0 Å². The third-order valence-corrected chi connectivity index (χ3v) is 3.22. The molecular formula is C14H14. The summed E-state index contributed by atoms with van der Waals surface area (Å²) in [7, 11) is 0. The highest BCUT2D eigenvalue weighted by atomic mass is 14.3. The first-order valence-corrected chi connectivity index (χ1v) is 5.34. The van der Waals surface area contributed by atoms with Crippen LogP contribution in [0.15, 0.2) is 42.0 Å². The second-order valence-corrected chi connectivity index (χ2v) is 4.36. The van der Waals surface area contributed by atoms with Crippen molar-refractivity contribution in [2.75, 3.05) is 0 Å². The van der Waals surface area contributed by atoms with Gasteiger partial charge in [0, 0.05) is 0 Å². The Morgan fingerprint density at radius 2 is 2.07 bits per heavy atom. The van der Waals surface area contributed by atoms with E-state index in [0.29, 0.717) is 5.92 Å². The zero-order chi connectivity index (χ0) is 9.54. The van der Waals surface area contributed by atoms with Crippen molar-refractivity contribution in [3.63, 3.8) is 0 Å². The molecule has 0 spiro atoms. The molecule has 0 nitrogen and oxygen atoms in total. The van der Waals surface area contributed by atoms with Gasteiger partial charge < -0.3 is 0 Å². The lowest BCUT2D eigenvalue weighted by molar-refractivity contribution is 0.734. The molecule has 14 heavy (non-hydrogen) atoms. The average molecular weight is 182 g/mol. The van der Waals surface area contributed by atoms with Crippen LogP contribution in [-0.4, -0.2) is 0 Å². The van der Waals surface area contributed by atoms with E-state index in [1.165, 1.54) is 23.1 Å². The van der Waals surface area contributed by atoms with Gasteiger partial charge in [0.15, 0.2) is 0 Å². The first-order valence-electron chi connectivity index (χ1n) is 5.34. The summed E-state index contributed by atoms with van der Waals surface area (Å²) in [6.45, 7) is 2.29. The summed E-state index contributed by atoms with van der Waals surface area (Å²) in [6, 6.07) is 8.78. The van der Waals surface area contributed by atoms with Gasteiger partial charge in [0.2, 0.25) is 0 Å². The first-order chi connectivity index (χ1) is 6.84. The summed E-state index contributed by atoms with van der Waals surface area (Å²) < 4.78 is 0. The van der Waals surface area contributed by atoms with Crippen LogP contribution in [0.5, 0.6) is 0 Å². The molecule has 1 aromatic rings. The SMILES string of the molecule is CC1C=C2C(=CC1)Cc1ccccc12. The van der Waals surface area contributed by atoms with E-state index in [0.717, 1.165) is 6.42 Å². The Labute approximate surface area is 85.0 Å². The van der Waals surface area contributed by atoms with E-state index in [-0.39, 0.29) is 0 Å². The van der Waals surface area contributed by atoms with Crippen molar-refractivity contribution in [1.82, 2.24) is 0 Å². The van der Waals surface area contributed by atoms with E-state index in [1.54, 1.807) is 5.57 Å². The summed E-state index contributed by atoms with van der Waals surface area (Å²) in [5.74, 6) is 0.708. The summed E-state index contributed by atoms with van der Waals surface area (Å²) in [4.78, 5) is 0. The van der Waals surface area contributed by atoms with E-state index < -0.39 is 0 Å². The lowest BCUT2D eigenvalue weighted by Crippen LogP contribution is -1.96. The van der Waals surface area contributed by atoms with Crippen LogP contribution in [-0.2, 0) is 6.42 Å². The number of fused-ring (bicyclic) bond motifs is 3. The van der Waals surface area contributed by atoms with Crippen LogP contribution < -0.4 is 0 Å². The molecule has 0 fully saturated rings. The third-order valence-electron chi connectivity index (χ3n) is 3.22. The summed E-state index contributed by atoms with van der Waals surface area (Å²) >= 11 is 0. The normalized spacial score (nSPS) is 23.6. The first kappa shape index (κ1) is 8.05. The Kier molecular flexibility index (Phi) is 1.63. The van der Waals surface area contributed by atoms with Gasteiger partial charge in [-0.3, -0.25) is 0 Å². The molecule has 0 aromatic heterocycles. The van der Waals surface area contributed by atoms with Crippen molar-refractivity contribution in [3.8, 4) is 0 Å². The van der Waals surface area contributed by atoms with Gasteiger partial charge in [-0.15, -0.1) is 0 Å². The monoisotopic (exact) mass is 182 g/mol. The van der Waals surface area contributed by atoms with E-state index in [4.69, 9.17) is 0 Å². The van der Waals surface area contributed by atoms with Crippen LogP contribution in [0.2, 0.25) is 0 Å². The van der Waals surface area contributed by atoms with E-state index in [9.17, 15) is 0 Å². The topological polar surface area (TPSA) is 0 Å². The maximum Gasteiger partial charge on any atom is -0.00167 e. The quantitative estimate of drug-likeness (QED) is 0.575. The highest BCUT2D eigenvalue weighted by Gasteiger charge is 2.23. The second-order valence-electron chi connectivity index (χ2n) is 4.36. The van der Waals surface area contributed by atoms with Crippen molar-refractivity contribution >= 4 is 5.57 Å². The lowest BCUT2D eigenvalue weighted by Gasteiger charge is -2.13. The lowest BCUT2D eigenvalue weighted by atomic mass is 9.92. The Morgan fingerprint density at radius 1 is 1.21 bits per heavy atom. The molecule has 70 valence electrons. The molecule has 0 radical (unpaired) electrons. The maximum absolute atomic E-state index is 2.43. The third kappa shape index (κ3) is 1.07. The largest absolute Gasteiger partial charge is 0.0798 e. The van der Waals surface area contributed by atoms with Crippen LogP contribution in [0.3, 0.4) is 0 Å². The van der Waals surface area contributed by atoms with Crippen molar-refractivity contribution < 1.29 is 0 Å². The predicted octanol–water partition coefficient (Wildman–Crippen LogP) is 3.59. The predicted molar refractivity (Wildman–Crippen MR) is 60.0 cm³/mol. The van der Waals surface area contributed by atoms with Gasteiger partial charge >= 0.3 is 0 Å². The van der Waals surface area contributed by atoms with E-state index in [2.05, 4.69) is 43.3 Å². The molecule has 1 unspecified atom stereocenters. The fraction of sp³-hybridized carbons (Fsp3) is 0.286. The fourth-order valence-corrected chi connectivity index (χ4v) is 2.47. The van der Waals surface area contributed by atoms with E-state index >= 15 is 0 Å². The summed E-state index contributed by atoms with van der Waals surface area (Å²) in [5, 5.41) is 0. The maximum atomic E-state index is 2.43. The van der Waals surface area contributed by atoms with Gasteiger partial charge in [-0.25, -0.2) is 0 Å². The van der Waals surface area contributed by atoms with Crippen LogP contribution in [0, 0.1) is 5.92 Å². The minimum atomic E-state index is 0.708. The molecular weight excluding hydrogens is 168 g/mol. The van der Waals surface area contributed by atoms with Crippen molar-refractivity contribution in [1.29, 1.82) is 0 Å². The molecule has 0 aliphatic heterocycles. The Morgan fingerprint density at radius 3 is 3.00 bits per heavy atom. The smallest absolute Gasteiger partial charge is 0.00167 e. The van der Waals surface area contributed by atoms with Gasteiger partial charge in [0.05, 0.1) is 0 Å². The van der Waals surface area contributed by atoms with Crippen molar-refractivity contribution in [2.45, 2.75) is 19.8 Å². The van der Waals surface area contributed by atoms with Crippen LogP contribution >= 0.6 is 0 Å². The number of benzene rings is 1. The summed E-state index contributed by atoms with van der Waals surface area (Å²) in [6.07, 6.45) is 7.21. The van der Waals surface area contributed by atoms with Crippen molar-refractivity contribution in [2.24, 2.45) is 5.92 Å². The Bertz CT molecular complexity index is 435. The van der Waals surface area contributed by atoms with Gasteiger partial charge in [-0.05, 0) is 41.0 Å². The van der Waals surface area contributed by atoms with Gasteiger partial charge in [-0.1, -0.05) is 43.3 Å². The number of rotatable bonds is 0. The van der Waals surface area contributed by atoms with Gasteiger partial charge in [0.1, 0.15) is 0 Å². The molecule has 0 N–H and O–H groups in total. The molecule has 2 aliphatic carbocycles. The molecule has 2 aliphatic rings. The minimum Gasteiger partial charge on any atom is -0.0798 e. The highest BCUT2D eigenvalue weighted by molar-refractivity contribution is 5.86. The van der Waals surface area contributed by atoms with Crippen molar-refractivity contribution in [3.05, 3.63) is 53.1 Å². The van der Waals surface area contributed by atoms with Crippen LogP contribution in [0.4, 0.5) is 0 Å².